The Morgan fingerprint density at radius 2 is 1.62 bits per heavy atom. The van der Waals surface area contributed by atoms with Gasteiger partial charge in [-0.25, -0.2) is 0 Å². The number of hydrogen-bond donors (Lipinski definition) is 0. The maximum absolute atomic E-state index is 7.97. The van der Waals surface area contributed by atoms with Gasteiger partial charge in [-0.15, -0.1) is 0 Å². The second kappa shape index (κ2) is 5.53. The summed E-state index contributed by atoms with van der Waals surface area (Å²) >= 11 is 0. The average molecular weight is 279 g/mol. The first-order chi connectivity index (χ1) is 12.6. The number of benzene rings is 2. The summed E-state index contributed by atoms with van der Waals surface area (Å²) in [5.74, 6) is 0. The second-order valence-corrected chi connectivity index (χ2v) is 5.00. The van der Waals surface area contributed by atoms with Crippen LogP contribution in [0.5, 0.6) is 0 Å². The molecule has 2 aromatic carbocycles. The Bertz CT molecular complexity index is 923. The highest BCUT2D eigenvalue weighted by Gasteiger charge is 2.12. The van der Waals surface area contributed by atoms with E-state index in [0.717, 1.165) is 5.56 Å². The topological polar surface area (TPSA) is 12.9 Å². The molecule has 0 spiro atoms. The average Bonchev–Trinajstić information content (AvgIpc) is 2.60. The minimum atomic E-state index is -2.45. The fourth-order valence-corrected chi connectivity index (χ4v) is 2.51. The summed E-state index contributed by atoms with van der Waals surface area (Å²) in [4.78, 5) is 4.43. The normalized spacial score (nSPS) is 16.0. The van der Waals surface area contributed by atoms with Gasteiger partial charge in [0.15, 0.2) is 0 Å². The summed E-state index contributed by atoms with van der Waals surface area (Å²) in [7, 11) is 0. The molecule has 21 heavy (non-hydrogen) atoms. The monoisotopic (exact) mass is 279 g/mol. The molecule has 1 nitrogen and oxygen atoms in total. The Morgan fingerprint density at radius 3 is 2.29 bits per heavy atom. The van der Waals surface area contributed by atoms with E-state index in [1.54, 1.807) is 37.4 Å². The molecule has 0 fully saturated rings. The predicted molar refractivity (Wildman–Crippen MR) is 89.3 cm³/mol. The molecule has 0 aliphatic heterocycles. The van der Waals surface area contributed by atoms with Gasteiger partial charge in [0.2, 0.25) is 0 Å². The molecule has 0 unspecified atom stereocenters. The van der Waals surface area contributed by atoms with Crippen LogP contribution in [0.15, 0.2) is 60.8 Å². The predicted octanol–water partition coefficient (Wildman–Crippen LogP) is 5.34. The lowest BCUT2D eigenvalue weighted by Gasteiger charge is -2.15. The fourth-order valence-electron chi connectivity index (χ4n) is 2.51. The van der Waals surface area contributed by atoms with Gasteiger partial charge < -0.3 is 0 Å². The van der Waals surface area contributed by atoms with E-state index in [1.165, 1.54) is 0 Å². The lowest BCUT2D eigenvalue weighted by atomic mass is 9.91. The first-order valence-electron chi connectivity index (χ1n) is 9.75. The third-order valence-corrected chi connectivity index (χ3v) is 3.41. The molecule has 104 valence electrons. The number of hydrogen-bond acceptors (Lipinski definition) is 1. The standard InChI is InChI=1S/C20H19N/c1-14-12-15(2)19(16(3)13-14)18-10-7-11-21-20(18)17-8-5-4-6-9-17/h4-13H,1-3H3/i2D3,3D3. The van der Waals surface area contributed by atoms with Gasteiger partial charge in [-0.05, 0) is 43.4 Å². The van der Waals surface area contributed by atoms with Crippen molar-refractivity contribution in [3.63, 3.8) is 0 Å². The van der Waals surface area contributed by atoms with Crippen molar-refractivity contribution >= 4 is 0 Å². The lowest BCUT2D eigenvalue weighted by Crippen LogP contribution is -1.94. The summed E-state index contributed by atoms with van der Waals surface area (Å²) in [6, 6.07) is 15.8. The Labute approximate surface area is 134 Å². The Hall–Kier alpha value is -2.41. The van der Waals surface area contributed by atoms with E-state index >= 15 is 0 Å². The van der Waals surface area contributed by atoms with Gasteiger partial charge in [0.25, 0.3) is 0 Å². The summed E-state index contributed by atoms with van der Waals surface area (Å²) in [5, 5.41) is 0. The van der Waals surface area contributed by atoms with E-state index in [1.807, 2.05) is 30.3 Å². The van der Waals surface area contributed by atoms with Crippen molar-refractivity contribution in [1.82, 2.24) is 4.98 Å². The first kappa shape index (κ1) is 8.14. The molecule has 0 atom stereocenters. The zero-order chi connectivity index (χ0) is 19.8. The molecule has 3 aromatic rings. The highest BCUT2D eigenvalue weighted by molar-refractivity contribution is 5.83. The third-order valence-electron chi connectivity index (χ3n) is 3.41. The van der Waals surface area contributed by atoms with Crippen molar-refractivity contribution in [1.29, 1.82) is 0 Å². The maximum Gasteiger partial charge on any atom is 0.0780 e. The lowest BCUT2D eigenvalue weighted by molar-refractivity contribution is 1.28. The minimum absolute atomic E-state index is 0.0267. The molecular formula is C20H19N. The highest BCUT2D eigenvalue weighted by atomic mass is 14.7. The quantitative estimate of drug-likeness (QED) is 0.617. The molecule has 1 heterocycles. The Balaban J connectivity index is 2.42. The molecule has 1 aromatic heterocycles. The molecule has 0 aliphatic rings. The molecular weight excluding hydrogens is 254 g/mol. The van der Waals surface area contributed by atoms with Crippen LogP contribution < -0.4 is 0 Å². The van der Waals surface area contributed by atoms with Crippen molar-refractivity contribution in [2.45, 2.75) is 20.6 Å². The van der Waals surface area contributed by atoms with Crippen LogP contribution in [0.4, 0.5) is 0 Å². The number of nitrogens with zero attached hydrogens (tertiary/aromatic N) is 1. The molecule has 0 bridgehead atoms. The van der Waals surface area contributed by atoms with Crippen molar-refractivity contribution in [2.75, 3.05) is 0 Å². The molecule has 0 aliphatic carbocycles. The summed E-state index contributed by atoms with van der Waals surface area (Å²) in [5.41, 5.74) is 2.71. The molecule has 0 amide bonds. The van der Waals surface area contributed by atoms with Crippen LogP contribution in [0.2, 0.25) is 0 Å². The van der Waals surface area contributed by atoms with Gasteiger partial charge in [-0.3, -0.25) is 4.98 Å². The highest BCUT2D eigenvalue weighted by Crippen LogP contribution is 2.34. The first-order valence-corrected chi connectivity index (χ1v) is 6.75. The third kappa shape index (κ3) is 2.59. The van der Waals surface area contributed by atoms with Gasteiger partial charge in [0.1, 0.15) is 0 Å². The zero-order valence-electron chi connectivity index (χ0n) is 17.7. The second-order valence-electron chi connectivity index (χ2n) is 5.00. The SMILES string of the molecule is [2H]C([2H])([2H])c1cc(C)cc(C([2H])([2H])[2H])c1-c1cccnc1-c1ccccc1. The van der Waals surface area contributed by atoms with Gasteiger partial charge in [-0.1, -0.05) is 54.1 Å². The molecule has 0 saturated carbocycles. The summed E-state index contributed by atoms with van der Waals surface area (Å²) in [6.45, 7) is -3.20. The van der Waals surface area contributed by atoms with Gasteiger partial charge in [0, 0.05) is 25.5 Å². The molecule has 3 rings (SSSR count). The van der Waals surface area contributed by atoms with Crippen molar-refractivity contribution in [3.8, 4) is 22.4 Å². The number of pyridine rings is 1. The van der Waals surface area contributed by atoms with Crippen LogP contribution in [0, 0.1) is 20.6 Å². The molecule has 0 saturated heterocycles. The van der Waals surface area contributed by atoms with E-state index < -0.39 is 13.7 Å². The van der Waals surface area contributed by atoms with Crippen LogP contribution in [0.3, 0.4) is 0 Å². The van der Waals surface area contributed by atoms with Crippen LogP contribution in [-0.2, 0) is 0 Å². The van der Waals surface area contributed by atoms with Crippen LogP contribution in [0.1, 0.15) is 24.9 Å². The van der Waals surface area contributed by atoms with Gasteiger partial charge in [-0.2, -0.15) is 0 Å². The maximum atomic E-state index is 7.97. The van der Waals surface area contributed by atoms with Crippen molar-refractivity contribution in [3.05, 3.63) is 77.5 Å². The molecule has 0 N–H and O–H groups in total. The Morgan fingerprint density at radius 1 is 0.905 bits per heavy atom. The summed E-state index contributed by atoms with van der Waals surface area (Å²) in [6.07, 6.45) is 1.62. The number of aryl methyl sites for hydroxylation is 3. The van der Waals surface area contributed by atoms with E-state index in [0.29, 0.717) is 16.8 Å². The smallest absolute Gasteiger partial charge is 0.0780 e. The van der Waals surface area contributed by atoms with Crippen LogP contribution >= 0.6 is 0 Å². The van der Waals surface area contributed by atoms with E-state index in [4.69, 9.17) is 8.22 Å². The van der Waals surface area contributed by atoms with Crippen LogP contribution in [0.25, 0.3) is 22.4 Å². The van der Waals surface area contributed by atoms with E-state index in [2.05, 4.69) is 4.98 Å². The van der Waals surface area contributed by atoms with Crippen molar-refractivity contribution in [2.24, 2.45) is 0 Å². The molecule has 1 heteroatoms. The molecule has 0 radical (unpaired) electrons. The number of rotatable bonds is 2. The fraction of sp³-hybridized carbons (Fsp3) is 0.150. The van der Waals surface area contributed by atoms with Crippen molar-refractivity contribution < 1.29 is 8.22 Å². The minimum Gasteiger partial charge on any atom is -0.256 e. The van der Waals surface area contributed by atoms with Gasteiger partial charge >= 0.3 is 0 Å². The van der Waals surface area contributed by atoms with Gasteiger partial charge in [0.05, 0.1) is 5.69 Å². The summed E-state index contributed by atoms with van der Waals surface area (Å²) < 4.78 is 47.8. The van der Waals surface area contributed by atoms with E-state index in [-0.39, 0.29) is 16.7 Å². The largest absolute Gasteiger partial charge is 0.256 e. The zero-order valence-corrected chi connectivity index (χ0v) is 11.7. The number of aromatic nitrogens is 1. The van der Waals surface area contributed by atoms with E-state index in [9.17, 15) is 0 Å². The Kier molecular flexibility index (Phi) is 2.14. The van der Waals surface area contributed by atoms with Crippen LogP contribution in [-0.4, -0.2) is 4.98 Å².